The first-order valence-electron chi connectivity index (χ1n) is 14.9. The van der Waals surface area contributed by atoms with E-state index < -0.39 is 35.7 Å². The fraction of sp³-hybridized carbons (Fsp3) is 0.667. The van der Waals surface area contributed by atoms with Crippen molar-refractivity contribution in [3.63, 3.8) is 0 Å². The van der Waals surface area contributed by atoms with Crippen LogP contribution >= 0.6 is 0 Å². The summed E-state index contributed by atoms with van der Waals surface area (Å²) in [6.45, 7) is 4.87. The van der Waals surface area contributed by atoms with E-state index in [-0.39, 0.29) is 55.0 Å². The van der Waals surface area contributed by atoms with Crippen molar-refractivity contribution < 1.29 is 81.7 Å². The number of hydrogen-bond acceptors (Lipinski definition) is 8. The van der Waals surface area contributed by atoms with Gasteiger partial charge in [0.2, 0.25) is 0 Å². The maximum atomic E-state index is 9.99. The molecule has 0 spiro atoms. The molecule has 0 saturated heterocycles. The maximum Gasteiger partial charge on any atom is 0.317 e. The van der Waals surface area contributed by atoms with Crippen LogP contribution < -0.4 is 22.1 Å². The molecule has 2 aliphatic rings. The molecule has 2 aliphatic carbocycles. The van der Waals surface area contributed by atoms with Crippen molar-refractivity contribution in [2.24, 2.45) is 23.3 Å². The largest absolute Gasteiger partial charge is 0.481 e. The summed E-state index contributed by atoms with van der Waals surface area (Å²) in [5.74, 6) is -7.58. The Labute approximate surface area is 289 Å². The van der Waals surface area contributed by atoms with Crippen molar-refractivity contribution in [3.8, 4) is 0 Å². The van der Waals surface area contributed by atoms with Gasteiger partial charge in [-0.1, -0.05) is 63.8 Å². The minimum absolute atomic E-state index is 0. The Morgan fingerprint density at radius 1 is 0.636 bits per heavy atom. The number of aliphatic carboxylic acids is 4. The monoisotopic (exact) mass is 984 g/mol. The maximum absolute atomic E-state index is 9.99. The zero-order chi connectivity index (χ0) is 31.7. The normalized spacial score (nSPS) is 20.9. The van der Waals surface area contributed by atoms with E-state index in [2.05, 4.69) is 34.9 Å². The third kappa shape index (κ3) is 17.1. The summed E-state index contributed by atoms with van der Waals surface area (Å²) < 4.78 is 0. The van der Waals surface area contributed by atoms with Gasteiger partial charge in [-0.2, -0.15) is 0 Å². The number of rotatable bonds is 12. The van der Waals surface area contributed by atoms with Crippen molar-refractivity contribution in [1.82, 2.24) is 10.6 Å². The molecule has 3 rings (SSSR count). The molecule has 0 aromatic heterocycles. The molecule has 10 N–H and O–H groups in total. The van der Waals surface area contributed by atoms with Gasteiger partial charge < -0.3 is 42.5 Å². The SMILES string of the molecule is CCC(C(=O)O)C(=O)O.CCC(C(=O)O)C(=O)O.N[C@@H]1CCCC[C@H]1NCc1ccc(CN[C@H]2CCCC[C@@H]2N)cc1.[Pt].[Pt]. The molecule has 2 saturated carbocycles. The van der Waals surface area contributed by atoms with Gasteiger partial charge in [0.1, 0.15) is 0 Å². The average Bonchev–Trinajstić information content (AvgIpc) is 2.93. The Morgan fingerprint density at radius 2 is 0.909 bits per heavy atom. The van der Waals surface area contributed by atoms with Crippen molar-refractivity contribution in [1.29, 1.82) is 0 Å². The Hall–Kier alpha value is -1.68. The molecule has 0 heterocycles. The molecule has 4 atom stereocenters. The van der Waals surface area contributed by atoms with Crippen molar-refractivity contribution >= 4 is 23.9 Å². The second kappa shape index (κ2) is 24.5. The van der Waals surface area contributed by atoms with Gasteiger partial charge in [0.25, 0.3) is 0 Å². The van der Waals surface area contributed by atoms with Gasteiger partial charge in [-0.15, -0.1) is 0 Å². The molecule has 258 valence electrons. The number of carbonyl (C=O) groups is 4. The Bertz CT molecular complexity index is 881. The second-order valence-corrected chi connectivity index (χ2v) is 11.0. The molecule has 0 radical (unpaired) electrons. The van der Waals surface area contributed by atoms with Crippen LogP contribution in [0.25, 0.3) is 0 Å². The van der Waals surface area contributed by atoms with Gasteiger partial charge in [-0.05, 0) is 49.7 Å². The van der Waals surface area contributed by atoms with Gasteiger partial charge in [-0.25, -0.2) is 0 Å². The summed E-state index contributed by atoms with van der Waals surface area (Å²) in [6, 6.07) is 10.5. The van der Waals surface area contributed by atoms with Gasteiger partial charge in [0, 0.05) is 79.4 Å². The van der Waals surface area contributed by atoms with Crippen LogP contribution in [-0.2, 0) is 74.4 Å². The van der Waals surface area contributed by atoms with Crippen LogP contribution in [0.15, 0.2) is 24.3 Å². The zero-order valence-electron chi connectivity index (χ0n) is 25.5. The van der Waals surface area contributed by atoms with E-state index in [1.54, 1.807) is 0 Å². The summed E-state index contributed by atoms with van der Waals surface area (Å²) in [5, 5.41) is 39.9. The van der Waals surface area contributed by atoms with E-state index in [1.807, 2.05) is 0 Å². The van der Waals surface area contributed by atoms with Gasteiger partial charge >= 0.3 is 23.9 Å². The first-order chi connectivity index (χ1) is 19.9. The predicted octanol–water partition coefficient (Wildman–Crippen LogP) is 2.76. The van der Waals surface area contributed by atoms with E-state index in [1.165, 1.54) is 63.5 Å². The summed E-state index contributed by atoms with van der Waals surface area (Å²) in [4.78, 5) is 40.0. The fourth-order valence-corrected chi connectivity index (χ4v) is 5.01. The summed E-state index contributed by atoms with van der Waals surface area (Å²) >= 11 is 0. The number of nitrogens with one attached hydrogen (secondary N) is 2. The average molecular weight is 985 g/mol. The quantitative estimate of drug-likeness (QED) is 0.142. The standard InChI is InChI=1S/C20H34N4.2C5H8O4.2Pt/c21-17-5-1-3-7-19(17)23-13-15-9-11-16(12-10-15)14-24-20-8-4-2-6-18(20)22;2*1-2-3(4(6)7)5(8)9;;/h9-12,17-20,23-24H,1-8,13-14,21-22H2;2*3H,2H2,1H3,(H,6,7)(H,8,9);;/t17-,18+,19-,20+;;;;. The van der Waals surface area contributed by atoms with Gasteiger partial charge in [0.05, 0.1) is 0 Å². The van der Waals surface area contributed by atoms with E-state index in [0.29, 0.717) is 24.2 Å². The molecule has 0 unspecified atom stereocenters. The molecule has 12 nitrogen and oxygen atoms in total. The van der Waals surface area contributed by atoms with Gasteiger partial charge in [-0.3, -0.25) is 19.2 Å². The molecular weight excluding hydrogens is 935 g/mol. The van der Waals surface area contributed by atoms with Gasteiger partial charge in [0.15, 0.2) is 11.8 Å². The molecular formula is C30H50N4O8Pt2. The molecule has 0 aliphatic heterocycles. The first-order valence-corrected chi connectivity index (χ1v) is 14.9. The second-order valence-electron chi connectivity index (χ2n) is 11.0. The van der Waals surface area contributed by atoms with E-state index >= 15 is 0 Å². The van der Waals surface area contributed by atoms with Crippen molar-refractivity contribution in [2.75, 3.05) is 0 Å². The summed E-state index contributed by atoms with van der Waals surface area (Å²) in [5.41, 5.74) is 15.1. The van der Waals surface area contributed by atoms with Crippen molar-refractivity contribution in [2.45, 2.75) is 115 Å². The third-order valence-electron chi connectivity index (χ3n) is 7.81. The minimum atomic E-state index is -1.27. The topological polar surface area (TPSA) is 225 Å². The van der Waals surface area contributed by atoms with Crippen molar-refractivity contribution in [3.05, 3.63) is 35.4 Å². The number of benzene rings is 1. The molecule has 44 heavy (non-hydrogen) atoms. The number of carboxylic acid groups (broad SMARTS) is 4. The van der Waals surface area contributed by atoms with Crippen LogP contribution in [0.5, 0.6) is 0 Å². The number of hydrogen-bond donors (Lipinski definition) is 8. The molecule has 1 aromatic rings. The summed E-state index contributed by atoms with van der Waals surface area (Å²) in [6.07, 6.45) is 10.2. The zero-order valence-corrected chi connectivity index (χ0v) is 30.0. The summed E-state index contributed by atoms with van der Waals surface area (Å²) in [7, 11) is 0. The van der Waals surface area contributed by atoms with Crippen LogP contribution in [0.4, 0.5) is 0 Å². The number of nitrogens with two attached hydrogens (primary N) is 2. The fourth-order valence-electron chi connectivity index (χ4n) is 5.01. The van der Waals surface area contributed by atoms with Crippen LogP contribution in [0, 0.1) is 11.8 Å². The number of carboxylic acids is 4. The smallest absolute Gasteiger partial charge is 0.317 e. The molecule has 0 bridgehead atoms. The Kier molecular flexibility index (Phi) is 24.8. The minimum Gasteiger partial charge on any atom is -0.481 e. The van der Waals surface area contributed by atoms with E-state index in [0.717, 1.165) is 25.9 Å². The van der Waals surface area contributed by atoms with Crippen LogP contribution in [-0.4, -0.2) is 68.5 Å². The molecule has 14 heteroatoms. The van der Waals surface area contributed by atoms with Crippen LogP contribution in [0.1, 0.15) is 89.2 Å². The molecule has 1 aromatic carbocycles. The predicted molar refractivity (Wildman–Crippen MR) is 159 cm³/mol. The first kappa shape index (κ1) is 44.4. The Morgan fingerprint density at radius 3 is 1.11 bits per heavy atom. The Balaban J connectivity index is 0. The van der Waals surface area contributed by atoms with E-state index in [4.69, 9.17) is 31.9 Å². The molecule has 0 amide bonds. The van der Waals surface area contributed by atoms with Crippen LogP contribution in [0.3, 0.4) is 0 Å². The van der Waals surface area contributed by atoms with E-state index in [9.17, 15) is 19.2 Å². The van der Waals surface area contributed by atoms with Crippen LogP contribution in [0.2, 0.25) is 0 Å². The third-order valence-corrected chi connectivity index (χ3v) is 7.81. The molecule has 2 fully saturated rings.